The normalized spacial score (nSPS) is 13.3. The van der Waals surface area contributed by atoms with E-state index in [1.807, 2.05) is 24.3 Å². The van der Waals surface area contributed by atoms with Crippen molar-refractivity contribution in [2.24, 2.45) is 22.2 Å². The zero-order chi connectivity index (χ0) is 26.7. The number of aliphatic hydroxyl groups excluding tert-OH is 1. The maximum Gasteiger partial charge on any atom is 0.326 e. The van der Waals surface area contributed by atoms with Gasteiger partial charge in [0, 0.05) is 30.1 Å². The lowest BCUT2D eigenvalue weighted by Crippen LogP contribution is -2.54. The van der Waals surface area contributed by atoms with E-state index in [2.05, 4.69) is 25.9 Å². The van der Waals surface area contributed by atoms with Gasteiger partial charge in [0.15, 0.2) is 5.96 Å². The minimum Gasteiger partial charge on any atom is -0.480 e. The molecule has 14 nitrogen and oxygen atoms in total. The molecule has 0 saturated carbocycles. The first-order chi connectivity index (χ1) is 17.1. The number of carbonyl (C=O) groups excluding carboxylic acids is 3. The molecule has 1 aromatic heterocycles. The zero-order valence-electron chi connectivity index (χ0n) is 19.6. The molecule has 3 atom stereocenters. The molecule has 14 heteroatoms. The van der Waals surface area contributed by atoms with E-state index in [-0.39, 0.29) is 25.3 Å². The van der Waals surface area contributed by atoms with Gasteiger partial charge in [-0.15, -0.1) is 0 Å². The number of nitrogens with zero attached hydrogens (tertiary/aromatic N) is 1. The first-order valence-electron chi connectivity index (χ1n) is 11.2. The molecule has 36 heavy (non-hydrogen) atoms. The second kappa shape index (κ2) is 13.7. The molecular formula is C22H32N8O6. The van der Waals surface area contributed by atoms with Crippen LogP contribution in [0.25, 0.3) is 10.9 Å². The Labute approximate surface area is 206 Å². The number of aliphatic imine (C=N–C) groups is 1. The maximum atomic E-state index is 13.1. The molecule has 0 bridgehead atoms. The predicted octanol–water partition coefficient (Wildman–Crippen LogP) is -2.75. The number of carboxylic acid groups (broad SMARTS) is 1. The molecule has 0 spiro atoms. The fourth-order valence-corrected chi connectivity index (χ4v) is 3.39. The fourth-order valence-electron chi connectivity index (χ4n) is 3.39. The number of aliphatic hydroxyl groups is 1. The smallest absolute Gasteiger partial charge is 0.326 e. The van der Waals surface area contributed by atoms with Gasteiger partial charge >= 0.3 is 5.97 Å². The summed E-state index contributed by atoms with van der Waals surface area (Å²) in [5, 5.41) is 26.6. The minimum atomic E-state index is -1.25. The Kier molecular flexibility index (Phi) is 10.6. The van der Waals surface area contributed by atoms with Crippen LogP contribution in [0.2, 0.25) is 0 Å². The number of hydrogen-bond acceptors (Lipinski definition) is 7. The Hall–Kier alpha value is -4.17. The number of carboxylic acids is 1. The van der Waals surface area contributed by atoms with Crippen LogP contribution in [0.4, 0.5) is 0 Å². The molecule has 0 radical (unpaired) electrons. The van der Waals surface area contributed by atoms with Gasteiger partial charge in [-0.3, -0.25) is 19.4 Å². The van der Waals surface area contributed by atoms with Gasteiger partial charge in [-0.1, -0.05) is 18.2 Å². The Morgan fingerprint density at radius 3 is 2.44 bits per heavy atom. The van der Waals surface area contributed by atoms with Crippen LogP contribution in [0, 0.1) is 0 Å². The van der Waals surface area contributed by atoms with Crippen molar-refractivity contribution in [2.75, 3.05) is 19.7 Å². The van der Waals surface area contributed by atoms with E-state index in [1.165, 1.54) is 0 Å². The van der Waals surface area contributed by atoms with Crippen molar-refractivity contribution < 1.29 is 29.4 Å². The van der Waals surface area contributed by atoms with Crippen molar-refractivity contribution >= 4 is 40.6 Å². The Bertz CT molecular complexity index is 1100. The van der Waals surface area contributed by atoms with Crippen LogP contribution in [0.3, 0.4) is 0 Å². The highest BCUT2D eigenvalue weighted by Gasteiger charge is 2.27. The molecule has 2 aromatic rings. The van der Waals surface area contributed by atoms with Gasteiger partial charge in [-0.05, 0) is 24.5 Å². The van der Waals surface area contributed by atoms with Gasteiger partial charge in [0.25, 0.3) is 0 Å². The minimum absolute atomic E-state index is 0.0476. The molecule has 196 valence electrons. The van der Waals surface area contributed by atoms with Crippen LogP contribution in [0.5, 0.6) is 0 Å². The van der Waals surface area contributed by atoms with Gasteiger partial charge in [0.2, 0.25) is 17.7 Å². The number of fused-ring (bicyclic) bond motifs is 1. The Morgan fingerprint density at radius 2 is 1.78 bits per heavy atom. The number of rotatable bonds is 14. The topological polar surface area (TPSA) is 251 Å². The number of aliphatic carboxylic acids is 1. The largest absolute Gasteiger partial charge is 0.480 e. The number of para-hydroxylation sites is 1. The van der Waals surface area contributed by atoms with Crippen molar-refractivity contribution in [1.82, 2.24) is 20.9 Å². The van der Waals surface area contributed by atoms with Crippen molar-refractivity contribution in [3.8, 4) is 0 Å². The highest BCUT2D eigenvalue weighted by Crippen LogP contribution is 2.19. The van der Waals surface area contributed by atoms with Gasteiger partial charge < -0.3 is 48.3 Å². The van der Waals surface area contributed by atoms with E-state index in [4.69, 9.17) is 22.3 Å². The molecule has 0 aliphatic heterocycles. The Morgan fingerprint density at radius 1 is 1.06 bits per heavy atom. The van der Waals surface area contributed by atoms with Crippen molar-refractivity contribution in [3.63, 3.8) is 0 Å². The summed E-state index contributed by atoms with van der Waals surface area (Å²) in [5.41, 5.74) is 17.5. The number of aromatic nitrogens is 1. The third-order valence-electron chi connectivity index (χ3n) is 5.27. The summed E-state index contributed by atoms with van der Waals surface area (Å²) in [6.45, 7) is -0.906. The van der Waals surface area contributed by atoms with Gasteiger partial charge in [0.1, 0.15) is 18.1 Å². The third-order valence-corrected chi connectivity index (χ3v) is 5.27. The second-order valence-electron chi connectivity index (χ2n) is 8.04. The fraction of sp³-hybridized carbons (Fsp3) is 0.409. The quantitative estimate of drug-likeness (QED) is 0.0733. The first-order valence-corrected chi connectivity index (χ1v) is 11.2. The predicted molar refractivity (Wildman–Crippen MR) is 131 cm³/mol. The lowest BCUT2D eigenvalue weighted by molar-refractivity contribution is -0.142. The molecule has 3 amide bonds. The van der Waals surface area contributed by atoms with Crippen molar-refractivity contribution in [2.45, 2.75) is 37.4 Å². The number of H-pyrrole nitrogens is 1. The summed E-state index contributed by atoms with van der Waals surface area (Å²) in [6, 6.07) is 3.77. The molecule has 3 unspecified atom stereocenters. The van der Waals surface area contributed by atoms with Crippen LogP contribution in [0.15, 0.2) is 35.5 Å². The van der Waals surface area contributed by atoms with Crippen LogP contribution in [-0.4, -0.2) is 82.7 Å². The number of hydrogen-bond donors (Lipinski definition) is 9. The second-order valence-corrected chi connectivity index (χ2v) is 8.04. The standard InChI is InChI=1S/C22H32N8O6/c23-14(11-31)19(33)28-10-18(32)29-17(8-12-9-27-15-5-2-1-4-13(12)15)20(34)30-16(21(35)36)6-3-7-26-22(24)25/h1-2,4-5,9,14,16-17,27,31H,3,6-8,10-11,23H2,(H,28,33)(H,29,32)(H,30,34)(H,35,36)(H4,24,25,26). The number of nitrogens with two attached hydrogens (primary N) is 3. The van der Waals surface area contributed by atoms with E-state index in [1.54, 1.807) is 6.20 Å². The molecule has 0 fully saturated rings. The molecule has 0 aliphatic carbocycles. The van der Waals surface area contributed by atoms with Gasteiger partial charge in [-0.25, -0.2) is 4.79 Å². The van der Waals surface area contributed by atoms with Crippen LogP contribution >= 0.6 is 0 Å². The van der Waals surface area contributed by atoms with Crippen LogP contribution < -0.4 is 33.2 Å². The number of nitrogens with one attached hydrogen (secondary N) is 4. The summed E-state index contributed by atoms with van der Waals surface area (Å²) in [6.07, 6.45) is 2.10. The number of amides is 3. The van der Waals surface area contributed by atoms with Gasteiger partial charge in [-0.2, -0.15) is 0 Å². The number of guanidine groups is 1. The average molecular weight is 505 g/mol. The molecule has 1 heterocycles. The molecular weight excluding hydrogens is 472 g/mol. The zero-order valence-corrected chi connectivity index (χ0v) is 19.6. The van der Waals surface area contributed by atoms with E-state index >= 15 is 0 Å². The molecule has 2 rings (SSSR count). The van der Waals surface area contributed by atoms with E-state index in [9.17, 15) is 24.3 Å². The third kappa shape index (κ3) is 8.56. The molecule has 0 saturated heterocycles. The van der Waals surface area contributed by atoms with Crippen LogP contribution in [-0.2, 0) is 25.6 Å². The molecule has 0 aliphatic rings. The highest BCUT2D eigenvalue weighted by atomic mass is 16.4. The first kappa shape index (κ1) is 28.1. The Balaban J connectivity index is 2.14. The maximum absolute atomic E-state index is 13.1. The van der Waals surface area contributed by atoms with E-state index in [0.717, 1.165) is 16.5 Å². The van der Waals surface area contributed by atoms with Crippen molar-refractivity contribution in [3.05, 3.63) is 36.0 Å². The number of aromatic amines is 1. The SMILES string of the molecule is NC(N)=NCCCC(NC(=O)C(Cc1c[nH]c2ccccc12)NC(=O)CNC(=O)C(N)CO)C(=O)O. The average Bonchev–Trinajstić information content (AvgIpc) is 3.25. The molecule has 12 N–H and O–H groups in total. The monoisotopic (exact) mass is 504 g/mol. The van der Waals surface area contributed by atoms with Crippen molar-refractivity contribution in [1.29, 1.82) is 0 Å². The summed E-state index contributed by atoms with van der Waals surface area (Å²) in [4.78, 5) is 55.9. The lowest BCUT2D eigenvalue weighted by Gasteiger charge is -2.22. The highest BCUT2D eigenvalue weighted by molar-refractivity contribution is 5.93. The van der Waals surface area contributed by atoms with E-state index in [0.29, 0.717) is 6.42 Å². The lowest BCUT2D eigenvalue weighted by atomic mass is 10.0. The summed E-state index contributed by atoms with van der Waals surface area (Å²) < 4.78 is 0. The van der Waals surface area contributed by atoms with Crippen LogP contribution in [0.1, 0.15) is 18.4 Å². The summed E-state index contributed by atoms with van der Waals surface area (Å²) in [7, 11) is 0. The summed E-state index contributed by atoms with van der Waals surface area (Å²) in [5.74, 6) is -3.54. The number of benzene rings is 1. The molecule has 1 aromatic carbocycles. The van der Waals surface area contributed by atoms with Gasteiger partial charge in [0.05, 0.1) is 13.2 Å². The summed E-state index contributed by atoms with van der Waals surface area (Å²) >= 11 is 0. The van der Waals surface area contributed by atoms with E-state index < -0.39 is 55.0 Å². The number of carbonyl (C=O) groups is 4.